The lowest BCUT2D eigenvalue weighted by Crippen LogP contribution is -2.00. The molecule has 0 saturated heterocycles. The molecule has 0 unspecified atom stereocenters. The van der Waals surface area contributed by atoms with Crippen LogP contribution in [0, 0.1) is 12.7 Å². The average molecular weight is 312 g/mol. The molecule has 0 atom stereocenters. The third kappa shape index (κ3) is 2.06. The standard InChI is InChI=1S/C13H11BrFNO2/c1-7-9(13(17)18)6-12(16(7)2)10-5-8(14)3-4-11(10)15/h3-6H,1-2H3,(H,17,18). The van der Waals surface area contributed by atoms with Gasteiger partial charge in [-0.2, -0.15) is 0 Å². The van der Waals surface area contributed by atoms with Crippen LogP contribution in [0.25, 0.3) is 11.3 Å². The van der Waals surface area contributed by atoms with Crippen molar-refractivity contribution in [3.8, 4) is 11.3 Å². The summed E-state index contributed by atoms with van der Waals surface area (Å²) in [5, 5.41) is 9.06. The van der Waals surface area contributed by atoms with E-state index >= 15 is 0 Å². The molecule has 0 aliphatic carbocycles. The molecule has 2 rings (SSSR count). The van der Waals surface area contributed by atoms with Crippen LogP contribution in [-0.4, -0.2) is 15.6 Å². The van der Waals surface area contributed by atoms with E-state index in [4.69, 9.17) is 5.11 Å². The van der Waals surface area contributed by atoms with Crippen molar-refractivity contribution in [3.63, 3.8) is 0 Å². The lowest BCUT2D eigenvalue weighted by Gasteiger charge is -2.07. The molecule has 1 N–H and O–H groups in total. The van der Waals surface area contributed by atoms with Crippen LogP contribution in [0.5, 0.6) is 0 Å². The van der Waals surface area contributed by atoms with Gasteiger partial charge in [0.25, 0.3) is 0 Å². The Morgan fingerprint density at radius 3 is 2.61 bits per heavy atom. The van der Waals surface area contributed by atoms with E-state index in [0.717, 1.165) is 4.47 Å². The number of carboxylic acids is 1. The normalized spacial score (nSPS) is 10.7. The number of aromatic nitrogens is 1. The number of benzene rings is 1. The second kappa shape index (κ2) is 4.57. The van der Waals surface area contributed by atoms with Gasteiger partial charge in [-0.15, -0.1) is 0 Å². The molecule has 1 heterocycles. The molecular weight excluding hydrogens is 301 g/mol. The Morgan fingerprint density at radius 1 is 1.39 bits per heavy atom. The number of carboxylic acid groups (broad SMARTS) is 1. The Balaban J connectivity index is 2.68. The fourth-order valence-corrected chi connectivity index (χ4v) is 2.23. The molecule has 2 aromatic rings. The van der Waals surface area contributed by atoms with Crippen LogP contribution in [0.1, 0.15) is 16.1 Å². The third-order valence-corrected chi connectivity index (χ3v) is 3.46. The lowest BCUT2D eigenvalue weighted by molar-refractivity contribution is 0.0696. The second-order valence-electron chi connectivity index (χ2n) is 4.02. The maximum atomic E-state index is 13.8. The molecule has 0 saturated carbocycles. The monoisotopic (exact) mass is 311 g/mol. The Hall–Kier alpha value is -1.62. The lowest BCUT2D eigenvalue weighted by atomic mass is 10.1. The van der Waals surface area contributed by atoms with Crippen molar-refractivity contribution in [2.24, 2.45) is 7.05 Å². The molecule has 0 radical (unpaired) electrons. The van der Waals surface area contributed by atoms with Crippen LogP contribution in [0.3, 0.4) is 0 Å². The molecule has 18 heavy (non-hydrogen) atoms. The van der Waals surface area contributed by atoms with Gasteiger partial charge < -0.3 is 9.67 Å². The molecule has 1 aromatic heterocycles. The van der Waals surface area contributed by atoms with Crippen LogP contribution in [0.2, 0.25) is 0 Å². The quantitative estimate of drug-likeness (QED) is 0.920. The van der Waals surface area contributed by atoms with Crippen molar-refractivity contribution in [2.75, 3.05) is 0 Å². The van der Waals surface area contributed by atoms with Crippen LogP contribution in [-0.2, 0) is 7.05 Å². The summed E-state index contributed by atoms with van der Waals surface area (Å²) in [6, 6.07) is 6.08. The molecular formula is C13H11BrFNO2. The first-order chi connectivity index (χ1) is 8.41. The summed E-state index contributed by atoms with van der Waals surface area (Å²) < 4.78 is 16.2. The molecule has 3 nitrogen and oxygen atoms in total. The van der Waals surface area contributed by atoms with Crippen molar-refractivity contribution in [3.05, 3.63) is 45.8 Å². The molecule has 0 fully saturated rings. The Labute approximate surface area is 112 Å². The van der Waals surface area contributed by atoms with Crippen molar-refractivity contribution in [1.82, 2.24) is 4.57 Å². The Bertz CT molecular complexity index is 634. The first kappa shape index (κ1) is 12.8. The summed E-state index contributed by atoms with van der Waals surface area (Å²) in [6.45, 7) is 1.70. The zero-order valence-corrected chi connectivity index (χ0v) is 11.5. The number of aromatic carboxylic acids is 1. The minimum absolute atomic E-state index is 0.187. The highest BCUT2D eigenvalue weighted by molar-refractivity contribution is 9.10. The zero-order valence-electron chi connectivity index (χ0n) is 9.87. The van der Waals surface area contributed by atoms with E-state index in [1.54, 1.807) is 30.7 Å². The predicted octanol–water partition coefficient (Wildman–Crippen LogP) is 3.60. The number of halogens is 2. The van der Waals surface area contributed by atoms with Gasteiger partial charge in [-0.1, -0.05) is 15.9 Å². The first-order valence-electron chi connectivity index (χ1n) is 5.27. The van der Waals surface area contributed by atoms with E-state index in [9.17, 15) is 9.18 Å². The Kier molecular flexibility index (Phi) is 3.26. The molecule has 0 aliphatic heterocycles. The van der Waals surface area contributed by atoms with E-state index in [2.05, 4.69) is 15.9 Å². The highest BCUT2D eigenvalue weighted by atomic mass is 79.9. The minimum Gasteiger partial charge on any atom is -0.478 e. The zero-order chi connectivity index (χ0) is 13.4. The topological polar surface area (TPSA) is 42.2 Å². The van der Waals surface area contributed by atoms with Gasteiger partial charge in [-0.3, -0.25) is 0 Å². The van der Waals surface area contributed by atoms with Crippen LogP contribution >= 0.6 is 15.9 Å². The van der Waals surface area contributed by atoms with Gasteiger partial charge in [0.05, 0.1) is 11.3 Å². The van der Waals surface area contributed by atoms with Gasteiger partial charge >= 0.3 is 5.97 Å². The van der Waals surface area contributed by atoms with Crippen molar-refractivity contribution < 1.29 is 14.3 Å². The third-order valence-electron chi connectivity index (χ3n) is 2.97. The van der Waals surface area contributed by atoms with Crippen LogP contribution < -0.4 is 0 Å². The fraction of sp³-hybridized carbons (Fsp3) is 0.154. The molecule has 0 aliphatic rings. The summed E-state index contributed by atoms with van der Waals surface area (Å²) in [5.74, 6) is -1.39. The summed E-state index contributed by atoms with van der Waals surface area (Å²) in [7, 11) is 1.72. The smallest absolute Gasteiger partial charge is 0.337 e. The number of hydrogen-bond acceptors (Lipinski definition) is 1. The number of nitrogens with zero attached hydrogens (tertiary/aromatic N) is 1. The van der Waals surface area contributed by atoms with Gasteiger partial charge in [0, 0.05) is 22.8 Å². The highest BCUT2D eigenvalue weighted by Gasteiger charge is 2.17. The number of hydrogen-bond donors (Lipinski definition) is 1. The molecule has 0 bridgehead atoms. The van der Waals surface area contributed by atoms with E-state index in [1.165, 1.54) is 12.1 Å². The molecule has 0 amide bonds. The SMILES string of the molecule is Cc1c(C(=O)O)cc(-c2cc(Br)ccc2F)n1C. The second-order valence-corrected chi connectivity index (χ2v) is 4.93. The molecule has 5 heteroatoms. The van der Waals surface area contributed by atoms with E-state index in [1.807, 2.05) is 0 Å². The number of carbonyl (C=O) groups is 1. The van der Waals surface area contributed by atoms with Crippen molar-refractivity contribution >= 4 is 21.9 Å². The predicted molar refractivity (Wildman–Crippen MR) is 70.2 cm³/mol. The van der Waals surface area contributed by atoms with Crippen LogP contribution in [0.15, 0.2) is 28.7 Å². The molecule has 0 spiro atoms. The van der Waals surface area contributed by atoms with E-state index in [-0.39, 0.29) is 11.4 Å². The minimum atomic E-state index is -1.01. The van der Waals surface area contributed by atoms with Gasteiger partial charge in [0.2, 0.25) is 0 Å². The Morgan fingerprint density at radius 2 is 2.06 bits per heavy atom. The summed E-state index contributed by atoms with van der Waals surface area (Å²) in [4.78, 5) is 11.1. The molecule has 1 aromatic carbocycles. The van der Waals surface area contributed by atoms with Crippen molar-refractivity contribution in [1.29, 1.82) is 0 Å². The fourth-order valence-electron chi connectivity index (χ4n) is 1.87. The highest BCUT2D eigenvalue weighted by Crippen LogP contribution is 2.29. The van der Waals surface area contributed by atoms with E-state index in [0.29, 0.717) is 17.0 Å². The van der Waals surface area contributed by atoms with Gasteiger partial charge in [0.15, 0.2) is 0 Å². The summed E-state index contributed by atoms with van der Waals surface area (Å²) in [6.07, 6.45) is 0. The van der Waals surface area contributed by atoms with Gasteiger partial charge in [-0.05, 0) is 31.2 Å². The largest absolute Gasteiger partial charge is 0.478 e. The maximum Gasteiger partial charge on any atom is 0.337 e. The first-order valence-corrected chi connectivity index (χ1v) is 6.06. The summed E-state index contributed by atoms with van der Waals surface area (Å²) >= 11 is 3.28. The van der Waals surface area contributed by atoms with Crippen molar-refractivity contribution in [2.45, 2.75) is 6.92 Å². The average Bonchev–Trinajstić information content (AvgIpc) is 2.60. The van der Waals surface area contributed by atoms with Gasteiger partial charge in [-0.25, -0.2) is 9.18 Å². The maximum absolute atomic E-state index is 13.8. The summed E-state index contributed by atoms with van der Waals surface area (Å²) in [5.41, 5.74) is 1.70. The van der Waals surface area contributed by atoms with Gasteiger partial charge in [0.1, 0.15) is 5.82 Å². The molecule has 94 valence electrons. The van der Waals surface area contributed by atoms with E-state index < -0.39 is 5.97 Å². The van der Waals surface area contributed by atoms with Crippen LogP contribution in [0.4, 0.5) is 4.39 Å². The number of rotatable bonds is 2.